The van der Waals surface area contributed by atoms with Crippen molar-refractivity contribution in [2.24, 2.45) is 0 Å². The molecule has 0 radical (unpaired) electrons. The Labute approximate surface area is 115 Å². The van der Waals surface area contributed by atoms with E-state index in [9.17, 15) is 22.4 Å². The molecular formula is C13H7F4NO3. The smallest absolute Gasteiger partial charge is 0.478 e. The van der Waals surface area contributed by atoms with Gasteiger partial charge in [0.15, 0.2) is 5.82 Å². The number of carboxylic acids is 1. The van der Waals surface area contributed by atoms with Crippen molar-refractivity contribution in [1.29, 1.82) is 0 Å². The van der Waals surface area contributed by atoms with Gasteiger partial charge in [0.1, 0.15) is 11.3 Å². The number of ether oxygens (including phenoxy) is 1. The highest BCUT2D eigenvalue weighted by Crippen LogP contribution is 2.35. The molecule has 0 fully saturated rings. The summed E-state index contributed by atoms with van der Waals surface area (Å²) < 4.78 is 54.4. The molecule has 4 nitrogen and oxygen atoms in total. The Morgan fingerprint density at radius 2 is 1.81 bits per heavy atom. The molecular weight excluding hydrogens is 294 g/mol. The number of benzene rings is 1. The molecule has 0 saturated heterocycles. The molecule has 1 aromatic carbocycles. The van der Waals surface area contributed by atoms with Gasteiger partial charge in [0.25, 0.3) is 0 Å². The van der Waals surface area contributed by atoms with Gasteiger partial charge in [0, 0.05) is 17.3 Å². The first-order chi connectivity index (χ1) is 9.79. The van der Waals surface area contributed by atoms with E-state index in [1.54, 1.807) is 0 Å². The van der Waals surface area contributed by atoms with Crippen LogP contribution in [0.15, 0.2) is 36.7 Å². The van der Waals surface area contributed by atoms with E-state index in [1.807, 2.05) is 0 Å². The number of nitrogens with zero attached hydrogens (tertiary/aromatic N) is 1. The molecule has 0 spiro atoms. The third-order valence-corrected chi connectivity index (χ3v) is 2.52. The number of alkyl halides is 3. The topological polar surface area (TPSA) is 59.4 Å². The lowest BCUT2D eigenvalue weighted by atomic mass is 10.0. The highest BCUT2D eigenvalue weighted by molar-refractivity contribution is 5.96. The molecule has 0 aliphatic carbocycles. The monoisotopic (exact) mass is 301 g/mol. The minimum Gasteiger partial charge on any atom is -0.478 e. The number of rotatable bonds is 3. The van der Waals surface area contributed by atoms with E-state index >= 15 is 0 Å². The second-order valence-corrected chi connectivity index (χ2v) is 3.89. The van der Waals surface area contributed by atoms with Crippen molar-refractivity contribution in [2.75, 3.05) is 0 Å². The molecule has 1 heterocycles. The maximum Gasteiger partial charge on any atom is 0.573 e. The second-order valence-electron chi connectivity index (χ2n) is 3.89. The third-order valence-electron chi connectivity index (χ3n) is 2.52. The lowest BCUT2D eigenvalue weighted by Crippen LogP contribution is -2.18. The van der Waals surface area contributed by atoms with Crippen molar-refractivity contribution in [2.45, 2.75) is 6.36 Å². The van der Waals surface area contributed by atoms with Crippen molar-refractivity contribution in [3.63, 3.8) is 0 Å². The van der Waals surface area contributed by atoms with Crippen molar-refractivity contribution in [3.05, 3.63) is 48.0 Å². The van der Waals surface area contributed by atoms with Crippen LogP contribution in [0.2, 0.25) is 0 Å². The number of carboxylic acid groups (broad SMARTS) is 1. The van der Waals surface area contributed by atoms with E-state index in [0.29, 0.717) is 6.20 Å². The molecule has 0 aliphatic heterocycles. The molecule has 2 rings (SSSR count). The zero-order chi connectivity index (χ0) is 15.6. The maximum atomic E-state index is 13.5. The lowest BCUT2D eigenvalue weighted by Gasteiger charge is -2.14. The molecule has 0 bridgehead atoms. The Bertz CT molecular complexity index is 685. The number of pyridine rings is 1. The summed E-state index contributed by atoms with van der Waals surface area (Å²) >= 11 is 0. The van der Waals surface area contributed by atoms with E-state index in [4.69, 9.17) is 5.11 Å². The van der Waals surface area contributed by atoms with Gasteiger partial charge < -0.3 is 9.84 Å². The summed E-state index contributed by atoms with van der Waals surface area (Å²) in [6, 6.07) is 4.83. The van der Waals surface area contributed by atoms with Crippen LogP contribution in [0.25, 0.3) is 11.1 Å². The van der Waals surface area contributed by atoms with Gasteiger partial charge in [0.05, 0.1) is 6.20 Å². The van der Waals surface area contributed by atoms with Crippen molar-refractivity contribution < 1.29 is 32.2 Å². The van der Waals surface area contributed by atoms with Crippen LogP contribution in [0.4, 0.5) is 17.6 Å². The van der Waals surface area contributed by atoms with Crippen LogP contribution in [0.5, 0.6) is 5.75 Å². The van der Waals surface area contributed by atoms with Crippen LogP contribution < -0.4 is 4.74 Å². The van der Waals surface area contributed by atoms with Gasteiger partial charge in [-0.05, 0) is 6.07 Å². The molecule has 21 heavy (non-hydrogen) atoms. The molecule has 1 N–H and O–H groups in total. The summed E-state index contributed by atoms with van der Waals surface area (Å²) in [4.78, 5) is 14.5. The first kappa shape index (κ1) is 14.8. The van der Waals surface area contributed by atoms with Crippen LogP contribution in [-0.4, -0.2) is 22.4 Å². The Morgan fingerprint density at radius 1 is 1.14 bits per heavy atom. The molecule has 110 valence electrons. The van der Waals surface area contributed by atoms with Gasteiger partial charge in [-0.2, -0.15) is 0 Å². The van der Waals surface area contributed by atoms with E-state index in [0.717, 1.165) is 12.3 Å². The predicted molar refractivity (Wildman–Crippen MR) is 63.3 cm³/mol. The third kappa shape index (κ3) is 3.28. The molecule has 1 aromatic heterocycles. The number of halogens is 4. The van der Waals surface area contributed by atoms with Gasteiger partial charge in [-0.3, -0.25) is 4.98 Å². The Balaban J connectivity index is 2.63. The van der Waals surface area contributed by atoms with Crippen molar-refractivity contribution in [3.8, 4) is 16.9 Å². The Morgan fingerprint density at radius 3 is 2.43 bits per heavy atom. The van der Waals surface area contributed by atoms with Crippen LogP contribution in [0.1, 0.15) is 10.4 Å². The van der Waals surface area contributed by atoms with Crippen LogP contribution >= 0.6 is 0 Å². The second kappa shape index (κ2) is 5.39. The summed E-state index contributed by atoms with van der Waals surface area (Å²) in [5, 5.41) is 9.00. The number of aromatic nitrogens is 1. The molecule has 8 heteroatoms. The Kier molecular flexibility index (Phi) is 3.79. The molecule has 0 saturated carbocycles. The largest absolute Gasteiger partial charge is 0.573 e. The van der Waals surface area contributed by atoms with Crippen LogP contribution in [-0.2, 0) is 0 Å². The summed E-state index contributed by atoms with van der Waals surface area (Å²) in [6.07, 6.45) is -3.33. The van der Waals surface area contributed by atoms with Gasteiger partial charge >= 0.3 is 12.3 Å². The first-order valence-corrected chi connectivity index (χ1v) is 5.51. The quantitative estimate of drug-likeness (QED) is 0.882. The van der Waals surface area contributed by atoms with Gasteiger partial charge in [-0.25, -0.2) is 9.18 Å². The summed E-state index contributed by atoms with van der Waals surface area (Å²) in [5.74, 6) is -3.41. The van der Waals surface area contributed by atoms with E-state index in [1.165, 1.54) is 18.2 Å². The van der Waals surface area contributed by atoms with E-state index < -0.39 is 29.5 Å². The highest BCUT2D eigenvalue weighted by Gasteiger charge is 2.32. The minimum absolute atomic E-state index is 0.223. The lowest BCUT2D eigenvalue weighted by molar-refractivity contribution is -0.274. The SMILES string of the molecule is O=C(O)c1c(F)cncc1-c1ccccc1OC(F)(F)F. The molecule has 0 atom stereocenters. The maximum absolute atomic E-state index is 13.5. The Hall–Kier alpha value is -2.64. The molecule has 0 aliphatic rings. The van der Waals surface area contributed by atoms with Crippen LogP contribution in [0, 0.1) is 5.82 Å². The molecule has 0 unspecified atom stereocenters. The standard InChI is InChI=1S/C13H7F4NO3/c14-9-6-18-5-8(11(9)12(19)20)7-3-1-2-4-10(7)21-13(15,16)17/h1-6H,(H,19,20). The summed E-state index contributed by atoms with van der Waals surface area (Å²) in [6.45, 7) is 0. The molecule has 0 amide bonds. The minimum atomic E-state index is -4.96. The number of carbonyl (C=O) groups is 1. The number of aromatic carboxylic acids is 1. The number of para-hydroxylation sites is 1. The van der Waals surface area contributed by atoms with E-state index in [2.05, 4.69) is 9.72 Å². The van der Waals surface area contributed by atoms with E-state index in [-0.39, 0.29) is 11.1 Å². The predicted octanol–water partition coefficient (Wildman–Crippen LogP) is 3.48. The van der Waals surface area contributed by atoms with Crippen LogP contribution in [0.3, 0.4) is 0 Å². The normalized spacial score (nSPS) is 11.2. The average Bonchev–Trinajstić information content (AvgIpc) is 2.36. The highest BCUT2D eigenvalue weighted by atomic mass is 19.4. The fraction of sp³-hybridized carbons (Fsp3) is 0.0769. The zero-order valence-corrected chi connectivity index (χ0v) is 10.2. The summed E-state index contributed by atoms with van der Waals surface area (Å²) in [7, 11) is 0. The van der Waals surface area contributed by atoms with Crippen molar-refractivity contribution in [1.82, 2.24) is 4.98 Å². The fourth-order valence-corrected chi connectivity index (χ4v) is 1.76. The van der Waals surface area contributed by atoms with Gasteiger partial charge in [-0.15, -0.1) is 13.2 Å². The first-order valence-electron chi connectivity index (χ1n) is 5.51. The fourth-order valence-electron chi connectivity index (χ4n) is 1.76. The zero-order valence-electron chi connectivity index (χ0n) is 10.2. The molecule has 2 aromatic rings. The number of hydrogen-bond donors (Lipinski definition) is 1. The van der Waals surface area contributed by atoms with Crippen molar-refractivity contribution >= 4 is 5.97 Å². The van der Waals surface area contributed by atoms with Gasteiger partial charge in [-0.1, -0.05) is 18.2 Å². The average molecular weight is 301 g/mol. The number of hydrogen-bond acceptors (Lipinski definition) is 3. The van der Waals surface area contributed by atoms with Gasteiger partial charge in [0.2, 0.25) is 0 Å². The summed E-state index contributed by atoms with van der Waals surface area (Å²) in [5.41, 5.74) is -1.30.